The van der Waals surface area contributed by atoms with E-state index in [9.17, 15) is 18.7 Å². The topological polar surface area (TPSA) is 62.2 Å². The van der Waals surface area contributed by atoms with E-state index in [2.05, 4.69) is 10.3 Å². The van der Waals surface area contributed by atoms with Crippen molar-refractivity contribution >= 4 is 40.0 Å². The summed E-state index contributed by atoms with van der Waals surface area (Å²) in [6.45, 7) is 0. The average molecular weight is 400 g/mol. The SMILES string of the molecule is O=C(O)c1cc(F)ccc1Nc1c(C2CCSCC2)cnc2ccc(F)cc12. The van der Waals surface area contributed by atoms with Gasteiger partial charge in [-0.3, -0.25) is 4.98 Å². The third-order valence-electron chi connectivity index (χ3n) is 4.99. The molecule has 1 aliphatic heterocycles. The van der Waals surface area contributed by atoms with Crippen molar-refractivity contribution in [2.45, 2.75) is 18.8 Å². The zero-order chi connectivity index (χ0) is 19.7. The Balaban J connectivity index is 1.88. The van der Waals surface area contributed by atoms with Gasteiger partial charge in [0.25, 0.3) is 0 Å². The number of aromatic nitrogens is 1. The molecular formula is C21H18F2N2O2S. The Kier molecular flexibility index (Phi) is 5.17. The first kappa shape index (κ1) is 18.7. The summed E-state index contributed by atoms with van der Waals surface area (Å²) in [5.41, 5.74) is 2.26. The predicted octanol–water partition coefficient (Wildman–Crippen LogP) is 5.57. The number of aromatic carboxylic acids is 1. The lowest BCUT2D eigenvalue weighted by atomic mass is 9.91. The van der Waals surface area contributed by atoms with E-state index in [1.165, 1.54) is 24.3 Å². The van der Waals surface area contributed by atoms with Gasteiger partial charge in [-0.25, -0.2) is 13.6 Å². The number of hydrogen-bond donors (Lipinski definition) is 2. The van der Waals surface area contributed by atoms with Gasteiger partial charge in [0.2, 0.25) is 0 Å². The van der Waals surface area contributed by atoms with Crippen molar-refractivity contribution in [2.75, 3.05) is 16.8 Å². The summed E-state index contributed by atoms with van der Waals surface area (Å²) >= 11 is 1.90. The molecular weight excluding hydrogens is 382 g/mol. The van der Waals surface area contributed by atoms with Crippen molar-refractivity contribution in [3.8, 4) is 0 Å². The van der Waals surface area contributed by atoms with Crippen LogP contribution in [-0.4, -0.2) is 27.6 Å². The van der Waals surface area contributed by atoms with Gasteiger partial charge in [-0.1, -0.05) is 0 Å². The van der Waals surface area contributed by atoms with E-state index in [1.807, 2.05) is 11.8 Å². The minimum absolute atomic E-state index is 0.175. The number of rotatable bonds is 4. The zero-order valence-electron chi connectivity index (χ0n) is 14.9. The summed E-state index contributed by atoms with van der Waals surface area (Å²) in [6.07, 6.45) is 3.72. The Morgan fingerprint density at radius 2 is 1.82 bits per heavy atom. The van der Waals surface area contributed by atoms with Crippen LogP contribution in [-0.2, 0) is 0 Å². The maximum absolute atomic E-state index is 14.0. The van der Waals surface area contributed by atoms with Crippen LogP contribution in [0.3, 0.4) is 0 Å². The highest BCUT2D eigenvalue weighted by Gasteiger charge is 2.22. The van der Waals surface area contributed by atoms with Crippen LogP contribution in [0, 0.1) is 11.6 Å². The fourth-order valence-electron chi connectivity index (χ4n) is 3.57. The molecule has 0 spiro atoms. The van der Waals surface area contributed by atoms with Crippen LogP contribution in [0.4, 0.5) is 20.2 Å². The highest BCUT2D eigenvalue weighted by atomic mass is 32.2. The van der Waals surface area contributed by atoms with Gasteiger partial charge in [-0.05, 0) is 72.2 Å². The lowest BCUT2D eigenvalue weighted by Gasteiger charge is -2.25. The summed E-state index contributed by atoms with van der Waals surface area (Å²) in [7, 11) is 0. The molecule has 2 N–H and O–H groups in total. The Hall–Kier alpha value is -2.67. The first-order chi connectivity index (χ1) is 13.5. The molecule has 1 saturated heterocycles. The van der Waals surface area contributed by atoms with Crippen molar-refractivity contribution in [3.63, 3.8) is 0 Å². The van der Waals surface area contributed by atoms with Gasteiger partial charge in [0.05, 0.1) is 22.5 Å². The van der Waals surface area contributed by atoms with Gasteiger partial charge in [0.1, 0.15) is 11.6 Å². The third-order valence-corrected chi connectivity index (χ3v) is 6.04. The van der Waals surface area contributed by atoms with Crippen LogP contribution >= 0.6 is 11.8 Å². The van der Waals surface area contributed by atoms with E-state index in [1.54, 1.807) is 12.3 Å². The van der Waals surface area contributed by atoms with Gasteiger partial charge in [0, 0.05) is 11.6 Å². The highest BCUT2D eigenvalue weighted by Crippen LogP contribution is 2.40. The van der Waals surface area contributed by atoms with Crippen molar-refractivity contribution < 1.29 is 18.7 Å². The maximum atomic E-state index is 14.0. The third kappa shape index (κ3) is 3.67. The summed E-state index contributed by atoms with van der Waals surface area (Å²) in [4.78, 5) is 16.1. The summed E-state index contributed by atoms with van der Waals surface area (Å²) < 4.78 is 27.6. The minimum atomic E-state index is -1.23. The standard InChI is InChI=1S/C21H18F2N2O2S/c22-13-1-3-18-15(9-13)20(17(11-24-18)12-5-7-28-8-6-12)25-19-4-2-14(23)10-16(19)21(26)27/h1-4,9-12H,5-8H2,(H,24,25)(H,26,27). The Bertz CT molecular complexity index is 1050. The number of carboxylic acids is 1. The zero-order valence-corrected chi connectivity index (χ0v) is 15.7. The van der Waals surface area contributed by atoms with Crippen LogP contribution in [0.2, 0.25) is 0 Å². The molecule has 0 amide bonds. The molecule has 1 fully saturated rings. The van der Waals surface area contributed by atoms with Crippen LogP contribution in [0.1, 0.15) is 34.7 Å². The lowest BCUT2D eigenvalue weighted by Crippen LogP contribution is -2.12. The summed E-state index contributed by atoms with van der Waals surface area (Å²) in [6, 6.07) is 7.91. The van der Waals surface area contributed by atoms with E-state index >= 15 is 0 Å². The number of pyridine rings is 1. The second kappa shape index (κ2) is 7.75. The molecule has 144 valence electrons. The van der Waals surface area contributed by atoms with Crippen molar-refractivity contribution in [2.24, 2.45) is 0 Å². The number of fused-ring (bicyclic) bond motifs is 1. The molecule has 0 unspecified atom stereocenters. The highest BCUT2D eigenvalue weighted by molar-refractivity contribution is 7.99. The quantitative estimate of drug-likeness (QED) is 0.600. The summed E-state index contributed by atoms with van der Waals surface area (Å²) in [5.74, 6) is 0.0499. The van der Waals surface area contributed by atoms with Crippen LogP contribution in [0.15, 0.2) is 42.6 Å². The van der Waals surface area contributed by atoms with Crippen molar-refractivity contribution in [1.29, 1.82) is 0 Å². The van der Waals surface area contributed by atoms with Gasteiger partial charge < -0.3 is 10.4 Å². The van der Waals surface area contributed by atoms with E-state index < -0.39 is 17.6 Å². The molecule has 1 aliphatic rings. The molecule has 7 heteroatoms. The number of nitrogens with zero attached hydrogens (tertiary/aromatic N) is 1. The van der Waals surface area contributed by atoms with Gasteiger partial charge in [0.15, 0.2) is 0 Å². The first-order valence-corrected chi connectivity index (χ1v) is 10.1. The maximum Gasteiger partial charge on any atom is 0.337 e. The van der Waals surface area contributed by atoms with Crippen molar-refractivity contribution in [1.82, 2.24) is 4.98 Å². The van der Waals surface area contributed by atoms with Gasteiger partial charge >= 0.3 is 5.97 Å². The van der Waals surface area contributed by atoms with E-state index in [0.29, 0.717) is 16.6 Å². The number of carbonyl (C=O) groups is 1. The normalized spacial score (nSPS) is 14.9. The average Bonchev–Trinajstić information content (AvgIpc) is 2.70. The number of thioether (sulfide) groups is 1. The summed E-state index contributed by atoms with van der Waals surface area (Å²) in [5, 5.41) is 13.2. The molecule has 1 aromatic heterocycles. The molecule has 4 rings (SSSR count). The van der Waals surface area contributed by atoms with Gasteiger partial charge in [-0.15, -0.1) is 0 Å². The monoisotopic (exact) mass is 400 g/mol. The van der Waals surface area contributed by atoms with E-state index in [0.717, 1.165) is 36.0 Å². The second-order valence-electron chi connectivity index (χ2n) is 6.76. The molecule has 0 aliphatic carbocycles. The molecule has 0 radical (unpaired) electrons. The van der Waals surface area contributed by atoms with E-state index in [-0.39, 0.29) is 17.2 Å². The number of hydrogen-bond acceptors (Lipinski definition) is 4. The molecule has 0 atom stereocenters. The Morgan fingerprint density at radius 1 is 1.11 bits per heavy atom. The number of anilines is 2. The Labute approximate surface area is 165 Å². The molecule has 2 heterocycles. The number of carboxylic acid groups (broad SMARTS) is 1. The number of halogens is 2. The molecule has 4 nitrogen and oxygen atoms in total. The fourth-order valence-corrected chi connectivity index (χ4v) is 4.68. The van der Waals surface area contributed by atoms with Crippen LogP contribution < -0.4 is 5.32 Å². The van der Waals surface area contributed by atoms with Crippen molar-refractivity contribution in [3.05, 3.63) is 65.4 Å². The van der Waals surface area contributed by atoms with Gasteiger partial charge in [-0.2, -0.15) is 11.8 Å². The fraction of sp³-hybridized carbons (Fsp3) is 0.238. The minimum Gasteiger partial charge on any atom is -0.478 e. The number of nitrogens with one attached hydrogen (secondary N) is 1. The number of benzene rings is 2. The smallest absolute Gasteiger partial charge is 0.337 e. The second-order valence-corrected chi connectivity index (χ2v) is 7.98. The predicted molar refractivity (Wildman–Crippen MR) is 108 cm³/mol. The molecule has 0 bridgehead atoms. The molecule has 3 aromatic rings. The van der Waals surface area contributed by atoms with Crippen LogP contribution in [0.5, 0.6) is 0 Å². The molecule has 2 aromatic carbocycles. The Morgan fingerprint density at radius 3 is 2.57 bits per heavy atom. The first-order valence-electron chi connectivity index (χ1n) is 8.98. The largest absolute Gasteiger partial charge is 0.478 e. The lowest BCUT2D eigenvalue weighted by molar-refractivity contribution is 0.0697. The van der Waals surface area contributed by atoms with Crippen LogP contribution in [0.25, 0.3) is 10.9 Å². The molecule has 28 heavy (non-hydrogen) atoms. The molecule has 0 saturated carbocycles. The van der Waals surface area contributed by atoms with E-state index in [4.69, 9.17) is 0 Å².